The first kappa shape index (κ1) is 15.4. The van der Waals surface area contributed by atoms with Crippen molar-refractivity contribution in [3.8, 4) is 0 Å². The van der Waals surface area contributed by atoms with Gasteiger partial charge in [0.25, 0.3) is 11.6 Å². The zero-order valence-corrected chi connectivity index (χ0v) is 11.9. The Labute approximate surface area is 117 Å². The Balaban J connectivity index is 2.80. The summed E-state index contributed by atoms with van der Waals surface area (Å²) >= 11 is 5.89. The molecule has 1 N–H and O–H groups in total. The van der Waals surface area contributed by atoms with E-state index in [9.17, 15) is 14.9 Å². The first-order valence-electron chi connectivity index (χ1n) is 6.06. The number of hydrogen-bond acceptors (Lipinski definition) is 3. The Morgan fingerprint density at radius 1 is 1.42 bits per heavy atom. The number of benzene rings is 1. The average molecular weight is 285 g/mol. The molecule has 0 heterocycles. The van der Waals surface area contributed by atoms with Gasteiger partial charge in [-0.1, -0.05) is 25.4 Å². The summed E-state index contributed by atoms with van der Waals surface area (Å²) in [6, 6.07) is 3.86. The van der Waals surface area contributed by atoms with Gasteiger partial charge in [-0.15, -0.1) is 0 Å². The van der Waals surface area contributed by atoms with E-state index < -0.39 is 4.92 Å². The van der Waals surface area contributed by atoms with Crippen LogP contribution in [-0.4, -0.2) is 16.9 Å². The molecule has 0 aliphatic rings. The van der Waals surface area contributed by atoms with Crippen molar-refractivity contribution in [2.45, 2.75) is 33.2 Å². The highest BCUT2D eigenvalue weighted by Crippen LogP contribution is 2.22. The van der Waals surface area contributed by atoms with Gasteiger partial charge in [-0.05, 0) is 25.3 Å². The second kappa shape index (κ2) is 6.52. The van der Waals surface area contributed by atoms with E-state index in [2.05, 4.69) is 19.2 Å². The highest BCUT2D eigenvalue weighted by Gasteiger charge is 2.16. The third-order valence-electron chi connectivity index (χ3n) is 2.61. The monoisotopic (exact) mass is 284 g/mol. The van der Waals surface area contributed by atoms with E-state index in [1.165, 1.54) is 18.2 Å². The molecule has 0 aliphatic carbocycles. The first-order chi connectivity index (χ1) is 8.81. The van der Waals surface area contributed by atoms with Crippen molar-refractivity contribution in [1.82, 2.24) is 5.32 Å². The molecule has 0 fully saturated rings. The molecule has 5 nitrogen and oxygen atoms in total. The summed E-state index contributed by atoms with van der Waals surface area (Å²) in [7, 11) is 0. The predicted octanol–water partition coefficient (Wildman–Crippen LogP) is 3.41. The predicted molar refractivity (Wildman–Crippen MR) is 74.5 cm³/mol. The molecule has 1 amide bonds. The van der Waals surface area contributed by atoms with Gasteiger partial charge in [0.05, 0.1) is 15.5 Å². The molecule has 104 valence electrons. The fourth-order valence-corrected chi connectivity index (χ4v) is 2.13. The van der Waals surface area contributed by atoms with Crippen molar-refractivity contribution in [3.63, 3.8) is 0 Å². The van der Waals surface area contributed by atoms with Crippen LogP contribution in [0.5, 0.6) is 0 Å². The van der Waals surface area contributed by atoms with Gasteiger partial charge in [-0.3, -0.25) is 14.9 Å². The zero-order valence-electron chi connectivity index (χ0n) is 11.1. The third kappa shape index (κ3) is 4.52. The Morgan fingerprint density at radius 2 is 2.05 bits per heavy atom. The van der Waals surface area contributed by atoms with Gasteiger partial charge in [0, 0.05) is 18.2 Å². The van der Waals surface area contributed by atoms with E-state index in [1.54, 1.807) is 0 Å². The van der Waals surface area contributed by atoms with E-state index >= 15 is 0 Å². The highest BCUT2D eigenvalue weighted by atomic mass is 35.5. The van der Waals surface area contributed by atoms with E-state index in [1.807, 2.05) is 6.92 Å². The van der Waals surface area contributed by atoms with Crippen LogP contribution in [0.25, 0.3) is 0 Å². The molecule has 0 spiro atoms. The summed E-state index contributed by atoms with van der Waals surface area (Å²) in [5.74, 6) is 0.163. The second-order valence-electron chi connectivity index (χ2n) is 4.93. The number of rotatable bonds is 5. The van der Waals surface area contributed by atoms with Crippen LogP contribution in [0.1, 0.15) is 37.6 Å². The third-order valence-corrected chi connectivity index (χ3v) is 2.92. The number of hydrogen-bond donors (Lipinski definition) is 1. The van der Waals surface area contributed by atoms with E-state index in [0.29, 0.717) is 5.92 Å². The lowest BCUT2D eigenvalue weighted by Gasteiger charge is -2.16. The van der Waals surface area contributed by atoms with Crippen molar-refractivity contribution in [3.05, 3.63) is 38.9 Å². The Bertz CT molecular complexity index is 489. The summed E-state index contributed by atoms with van der Waals surface area (Å²) in [4.78, 5) is 22.0. The van der Waals surface area contributed by atoms with Gasteiger partial charge >= 0.3 is 0 Å². The van der Waals surface area contributed by atoms with Gasteiger partial charge in [-0.25, -0.2) is 0 Å². The van der Waals surface area contributed by atoms with Gasteiger partial charge in [0.1, 0.15) is 0 Å². The number of amides is 1. The molecule has 0 saturated carbocycles. The summed E-state index contributed by atoms with van der Waals surface area (Å²) in [5.41, 5.74) is 0.125. The summed E-state index contributed by atoms with van der Waals surface area (Å²) < 4.78 is 0. The van der Waals surface area contributed by atoms with E-state index in [-0.39, 0.29) is 28.2 Å². The quantitative estimate of drug-likeness (QED) is 0.665. The summed E-state index contributed by atoms with van der Waals surface area (Å²) in [6.07, 6.45) is 0.857. The lowest BCUT2D eigenvalue weighted by molar-refractivity contribution is -0.384. The largest absolute Gasteiger partial charge is 0.350 e. The van der Waals surface area contributed by atoms with Gasteiger partial charge < -0.3 is 5.32 Å². The van der Waals surface area contributed by atoms with Crippen LogP contribution in [0.15, 0.2) is 18.2 Å². The van der Waals surface area contributed by atoms with Crippen molar-refractivity contribution in [2.24, 2.45) is 5.92 Å². The van der Waals surface area contributed by atoms with Crippen LogP contribution in [0.3, 0.4) is 0 Å². The molecular formula is C13H17ClN2O3. The van der Waals surface area contributed by atoms with Gasteiger partial charge in [0.2, 0.25) is 0 Å². The molecule has 6 heteroatoms. The molecule has 0 aromatic heterocycles. The number of non-ortho nitro benzene ring substituents is 1. The molecule has 1 aromatic rings. The Kier molecular flexibility index (Phi) is 5.30. The molecule has 0 saturated heterocycles. The zero-order chi connectivity index (χ0) is 14.6. The Hall–Kier alpha value is -1.62. The number of nitrogens with one attached hydrogen (secondary N) is 1. The second-order valence-corrected chi connectivity index (χ2v) is 5.33. The summed E-state index contributed by atoms with van der Waals surface area (Å²) in [6.45, 7) is 6.06. The van der Waals surface area contributed by atoms with E-state index in [4.69, 9.17) is 11.6 Å². The lowest BCUT2D eigenvalue weighted by atomic mass is 10.0. The van der Waals surface area contributed by atoms with Gasteiger partial charge in [-0.2, -0.15) is 0 Å². The molecule has 19 heavy (non-hydrogen) atoms. The van der Waals surface area contributed by atoms with Crippen molar-refractivity contribution in [2.75, 3.05) is 0 Å². The molecule has 0 aliphatic heterocycles. The fraction of sp³-hybridized carbons (Fsp3) is 0.462. The smallest absolute Gasteiger partial charge is 0.270 e. The normalized spacial score (nSPS) is 12.3. The standard InChI is InChI=1S/C13H17ClN2O3/c1-8(2)6-9(3)15-13(17)11-5-4-10(16(18)19)7-12(11)14/h4-5,7-9H,6H2,1-3H3,(H,15,17). The minimum absolute atomic E-state index is 0.0266. The van der Waals surface area contributed by atoms with Crippen LogP contribution in [0, 0.1) is 16.0 Å². The minimum atomic E-state index is -0.547. The van der Waals surface area contributed by atoms with Crippen molar-refractivity contribution < 1.29 is 9.72 Å². The molecular weight excluding hydrogens is 268 g/mol. The van der Waals surface area contributed by atoms with Crippen molar-refractivity contribution >= 4 is 23.2 Å². The first-order valence-corrected chi connectivity index (χ1v) is 6.44. The maximum absolute atomic E-state index is 12.0. The number of carbonyl (C=O) groups is 1. The van der Waals surface area contributed by atoms with E-state index in [0.717, 1.165) is 6.42 Å². The number of nitro benzene ring substituents is 1. The maximum Gasteiger partial charge on any atom is 0.270 e. The highest BCUT2D eigenvalue weighted by molar-refractivity contribution is 6.34. The number of nitrogens with zero attached hydrogens (tertiary/aromatic N) is 1. The van der Waals surface area contributed by atoms with Crippen LogP contribution in [-0.2, 0) is 0 Å². The molecule has 0 radical (unpaired) electrons. The maximum atomic E-state index is 12.0. The van der Waals surface area contributed by atoms with Crippen LogP contribution in [0.4, 0.5) is 5.69 Å². The number of halogens is 1. The Morgan fingerprint density at radius 3 is 2.53 bits per heavy atom. The fourth-order valence-electron chi connectivity index (χ4n) is 1.87. The molecule has 1 atom stereocenters. The van der Waals surface area contributed by atoms with Gasteiger partial charge in [0.15, 0.2) is 0 Å². The van der Waals surface area contributed by atoms with Crippen molar-refractivity contribution in [1.29, 1.82) is 0 Å². The van der Waals surface area contributed by atoms with Crippen LogP contribution >= 0.6 is 11.6 Å². The molecule has 1 aromatic carbocycles. The molecule has 1 unspecified atom stereocenters. The SMILES string of the molecule is CC(C)CC(C)NC(=O)c1ccc([N+](=O)[O-])cc1Cl. The van der Waals surface area contributed by atoms with Crippen LogP contribution in [0.2, 0.25) is 5.02 Å². The topological polar surface area (TPSA) is 72.2 Å². The van der Waals surface area contributed by atoms with Crippen LogP contribution < -0.4 is 5.32 Å². The molecule has 0 bridgehead atoms. The molecule has 1 rings (SSSR count). The minimum Gasteiger partial charge on any atom is -0.350 e. The lowest BCUT2D eigenvalue weighted by Crippen LogP contribution is -2.33. The number of carbonyl (C=O) groups excluding carboxylic acids is 1. The number of nitro groups is 1. The average Bonchev–Trinajstić information content (AvgIpc) is 2.26. The summed E-state index contributed by atoms with van der Waals surface area (Å²) in [5, 5.41) is 13.5.